The lowest BCUT2D eigenvalue weighted by molar-refractivity contribution is 0.429. The van der Waals surface area contributed by atoms with Gasteiger partial charge in [-0.3, -0.25) is 4.40 Å². The van der Waals surface area contributed by atoms with E-state index in [0.717, 1.165) is 0 Å². The number of benzene rings is 1. The first-order valence-electron chi connectivity index (χ1n) is 6.29. The smallest absolute Gasteiger partial charge is 0.261 e. The molecule has 0 fully saturated rings. The first kappa shape index (κ1) is 12.9. The molecule has 0 saturated carbocycles. The second-order valence-corrected chi connectivity index (χ2v) is 5.00. The summed E-state index contributed by atoms with van der Waals surface area (Å²) in [6.07, 6.45) is 3.36. The average Bonchev–Trinajstić information content (AvgIpc) is 3.17. The maximum atomic E-state index is 13.8. The highest BCUT2D eigenvalue weighted by Crippen LogP contribution is 2.27. The van der Waals surface area contributed by atoms with Crippen LogP contribution in [0.25, 0.3) is 28.5 Å². The fourth-order valence-electron chi connectivity index (χ4n) is 2.07. The third-order valence-electron chi connectivity index (χ3n) is 3.14. The van der Waals surface area contributed by atoms with Gasteiger partial charge < -0.3 is 4.52 Å². The summed E-state index contributed by atoms with van der Waals surface area (Å²) in [5, 5.41) is 12.0. The summed E-state index contributed by atoms with van der Waals surface area (Å²) in [7, 11) is 0. The first-order chi connectivity index (χ1) is 10.7. The van der Waals surface area contributed by atoms with Crippen molar-refractivity contribution >= 4 is 17.2 Å². The number of hydrogen-bond donors (Lipinski definition) is 0. The van der Waals surface area contributed by atoms with Crippen LogP contribution in [-0.4, -0.2) is 24.7 Å². The largest absolute Gasteiger partial charge is 0.334 e. The minimum Gasteiger partial charge on any atom is -0.334 e. The summed E-state index contributed by atoms with van der Waals surface area (Å²) in [6, 6.07) is 7.70. The maximum absolute atomic E-state index is 13.8. The lowest BCUT2D eigenvalue weighted by Crippen LogP contribution is -1.87. The summed E-state index contributed by atoms with van der Waals surface area (Å²) < 4.78 is 20.7. The van der Waals surface area contributed by atoms with Gasteiger partial charge in [-0.2, -0.15) is 4.98 Å². The second-order valence-electron chi connectivity index (χ2n) is 4.56. The van der Waals surface area contributed by atoms with Crippen LogP contribution >= 0.6 is 11.6 Å². The molecule has 0 aliphatic heterocycles. The van der Waals surface area contributed by atoms with E-state index in [1.54, 1.807) is 29.1 Å². The number of halogens is 2. The Morgan fingerprint density at radius 2 is 2.09 bits per heavy atom. The molecule has 0 atom stereocenters. The van der Waals surface area contributed by atoms with E-state index in [4.69, 9.17) is 16.1 Å². The van der Waals surface area contributed by atoms with E-state index in [9.17, 15) is 4.39 Å². The predicted octanol–water partition coefficient (Wildman–Crippen LogP) is 3.24. The van der Waals surface area contributed by atoms with Crippen LogP contribution in [0.3, 0.4) is 0 Å². The van der Waals surface area contributed by atoms with Crippen molar-refractivity contribution in [2.24, 2.45) is 0 Å². The Morgan fingerprint density at radius 3 is 3.00 bits per heavy atom. The molecule has 108 valence electrons. The van der Waals surface area contributed by atoms with Crippen LogP contribution in [0.5, 0.6) is 0 Å². The Balaban J connectivity index is 1.78. The van der Waals surface area contributed by atoms with Crippen LogP contribution in [0.1, 0.15) is 0 Å². The number of hydrogen-bond acceptors (Lipinski definition) is 5. The van der Waals surface area contributed by atoms with E-state index in [0.29, 0.717) is 22.1 Å². The molecular formula is C14H7ClFN5O. The van der Waals surface area contributed by atoms with Gasteiger partial charge in [-0.1, -0.05) is 16.8 Å². The molecule has 0 aliphatic rings. The van der Waals surface area contributed by atoms with Gasteiger partial charge in [0, 0.05) is 16.8 Å². The summed E-state index contributed by atoms with van der Waals surface area (Å²) in [5.41, 5.74) is 1.51. The number of pyridine rings is 1. The number of rotatable bonds is 2. The summed E-state index contributed by atoms with van der Waals surface area (Å²) in [6.45, 7) is 0. The van der Waals surface area contributed by atoms with Gasteiger partial charge in [0.05, 0.1) is 5.56 Å². The molecule has 0 radical (unpaired) electrons. The Labute approximate surface area is 128 Å². The Hall–Kier alpha value is -2.80. The van der Waals surface area contributed by atoms with E-state index in [-0.39, 0.29) is 11.5 Å². The molecule has 6 nitrogen and oxygen atoms in total. The zero-order valence-electron chi connectivity index (χ0n) is 10.9. The van der Waals surface area contributed by atoms with Crippen molar-refractivity contribution in [3.8, 4) is 22.8 Å². The molecule has 0 saturated heterocycles. The van der Waals surface area contributed by atoms with Gasteiger partial charge in [-0.25, -0.2) is 4.39 Å². The minimum absolute atomic E-state index is 0.0661. The zero-order valence-corrected chi connectivity index (χ0v) is 11.7. The molecule has 3 heterocycles. The van der Waals surface area contributed by atoms with Gasteiger partial charge in [-0.05, 0) is 30.3 Å². The lowest BCUT2D eigenvalue weighted by atomic mass is 10.2. The monoisotopic (exact) mass is 315 g/mol. The van der Waals surface area contributed by atoms with E-state index >= 15 is 0 Å². The molecule has 1 aromatic carbocycles. The fraction of sp³-hybridized carbons (Fsp3) is 0. The van der Waals surface area contributed by atoms with Crippen LogP contribution in [-0.2, 0) is 0 Å². The van der Waals surface area contributed by atoms with Gasteiger partial charge >= 0.3 is 0 Å². The Morgan fingerprint density at radius 1 is 1.18 bits per heavy atom. The Bertz CT molecular complexity index is 980. The summed E-state index contributed by atoms with van der Waals surface area (Å²) in [4.78, 5) is 4.21. The standard InChI is InChI=1S/C14H7ClFN5O/c15-9-1-2-11(16)10(6-9)14-18-13(20-22-14)8-3-4-21-7-17-19-12(21)5-8/h1-7H. The van der Waals surface area contributed by atoms with Gasteiger partial charge in [0.1, 0.15) is 12.1 Å². The molecule has 8 heteroatoms. The minimum atomic E-state index is -0.479. The molecule has 3 aromatic heterocycles. The summed E-state index contributed by atoms with van der Waals surface area (Å²) in [5.74, 6) is -0.0799. The number of nitrogens with zero attached hydrogens (tertiary/aromatic N) is 5. The molecule has 4 aromatic rings. The lowest BCUT2D eigenvalue weighted by Gasteiger charge is -1.97. The van der Waals surface area contributed by atoms with Gasteiger partial charge in [0.25, 0.3) is 5.89 Å². The van der Waals surface area contributed by atoms with Crippen LogP contribution < -0.4 is 0 Å². The molecule has 0 unspecified atom stereocenters. The summed E-state index contributed by atoms with van der Waals surface area (Å²) >= 11 is 5.87. The molecule has 0 amide bonds. The van der Waals surface area contributed by atoms with Crippen molar-refractivity contribution < 1.29 is 8.91 Å². The highest BCUT2D eigenvalue weighted by Gasteiger charge is 2.15. The van der Waals surface area contributed by atoms with Crippen molar-refractivity contribution in [2.75, 3.05) is 0 Å². The SMILES string of the molecule is Fc1ccc(Cl)cc1-c1nc(-c2ccn3cnnc3c2)no1. The molecule has 0 spiro atoms. The van der Waals surface area contributed by atoms with Crippen LogP contribution in [0.4, 0.5) is 4.39 Å². The van der Waals surface area contributed by atoms with Crippen molar-refractivity contribution in [1.29, 1.82) is 0 Å². The van der Waals surface area contributed by atoms with E-state index < -0.39 is 5.82 Å². The quantitative estimate of drug-likeness (QED) is 0.568. The van der Waals surface area contributed by atoms with E-state index in [2.05, 4.69) is 20.3 Å². The molecule has 0 bridgehead atoms. The molecule has 0 N–H and O–H groups in total. The number of aromatic nitrogens is 5. The maximum Gasteiger partial charge on any atom is 0.261 e. The van der Waals surface area contributed by atoms with Crippen molar-refractivity contribution in [2.45, 2.75) is 0 Å². The highest BCUT2D eigenvalue weighted by atomic mass is 35.5. The topological polar surface area (TPSA) is 69.1 Å². The normalized spacial score (nSPS) is 11.2. The van der Waals surface area contributed by atoms with Crippen molar-refractivity contribution in [3.05, 3.63) is 53.7 Å². The molecule has 4 rings (SSSR count). The molecular weight excluding hydrogens is 309 g/mol. The van der Waals surface area contributed by atoms with Crippen LogP contribution in [0.2, 0.25) is 5.02 Å². The first-order valence-corrected chi connectivity index (χ1v) is 6.67. The van der Waals surface area contributed by atoms with Crippen molar-refractivity contribution in [1.82, 2.24) is 24.7 Å². The predicted molar refractivity (Wildman–Crippen MR) is 76.7 cm³/mol. The molecule has 0 aliphatic carbocycles. The fourth-order valence-corrected chi connectivity index (χ4v) is 2.24. The third kappa shape index (κ3) is 2.11. The van der Waals surface area contributed by atoms with E-state index in [1.807, 2.05) is 0 Å². The second kappa shape index (κ2) is 4.88. The van der Waals surface area contributed by atoms with Crippen molar-refractivity contribution in [3.63, 3.8) is 0 Å². The zero-order chi connectivity index (χ0) is 15.1. The van der Waals surface area contributed by atoms with Crippen LogP contribution in [0, 0.1) is 5.82 Å². The average molecular weight is 316 g/mol. The number of fused-ring (bicyclic) bond motifs is 1. The third-order valence-corrected chi connectivity index (χ3v) is 3.38. The van der Waals surface area contributed by atoms with Gasteiger partial charge in [-0.15, -0.1) is 10.2 Å². The van der Waals surface area contributed by atoms with Gasteiger partial charge in [0.15, 0.2) is 5.65 Å². The van der Waals surface area contributed by atoms with E-state index in [1.165, 1.54) is 18.2 Å². The van der Waals surface area contributed by atoms with Crippen LogP contribution in [0.15, 0.2) is 47.4 Å². The van der Waals surface area contributed by atoms with Gasteiger partial charge in [0.2, 0.25) is 5.82 Å². The molecule has 22 heavy (non-hydrogen) atoms. The highest BCUT2D eigenvalue weighted by molar-refractivity contribution is 6.30. The Kier molecular flexibility index (Phi) is 2.87.